The summed E-state index contributed by atoms with van der Waals surface area (Å²) in [5, 5.41) is 11.9. The summed E-state index contributed by atoms with van der Waals surface area (Å²) in [6, 6.07) is 2.45. The van der Waals surface area contributed by atoms with Crippen molar-refractivity contribution in [3.05, 3.63) is 30.0 Å². The molecule has 1 aliphatic rings. The van der Waals surface area contributed by atoms with Crippen molar-refractivity contribution in [2.24, 2.45) is 0 Å². The number of carbonyl (C=O) groups is 2. The van der Waals surface area contributed by atoms with E-state index in [1.165, 1.54) is 19.2 Å². The predicted molar refractivity (Wildman–Crippen MR) is 57.8 cm³/mol. The Balaban J connectivity index is 2.59. The van der Waals surface area contributed by atoms with E-state index in [9.17, 15) is 14.7 Å². The SMILES string of the molecule is C=C1Oc2cc(O)cc(C(=O)OC)c2NC1=O. The second-order valence-electron chi connectivity index (χ2n) is 3.34. The second kappa shape index (κ2) is 3.82. The molecule has 1 heterocycles. The van der Waals surface area contributed by atoms with Crippen LogP contribution in [-0.2, 0) is 9.53 Å². The Hall–Kier alpha value is -2.50. The Labute approximate surface area is 96.5 Å². The molecule has 0 saturated carbocycles. The number of phenolic OH excluding ortho intramolecular Hbond substituents is 1. The summed E-state index contributed by atoms with van der Waals surface area (Å²) in [5.74, 6) is -1.37. The van der Waals surface area contributed by atoms with Crippen LogP contribution in [0.5, 0.6) is 11.5 Å². The molecule has 6 heteroatoms. The van der Waals surface area contributed by atoms with Gasteiger partial charge in [-0.2, -0.15) is 0 Å². The van der Waals surface area contributed by atoms with Crippen molar-refractivity contribution in [1.82, 2.24) is 0 Å². The number of hydrogen-bond donors (Lipinski definition) is 2. The molecule has 0 unspecified atom stereocenters. The van der Waals surface area contributed by atoms with E-state index in [4.69, 9.17) is 4.74 Å². The fraction of sp³-hybridized carbons (Fsp3) is 0.0909. The Morgan fingerprint density at radius 2 is 2.24 bits per heavy atom. The number of phenols is 1. The van der Waals surface area contributed by atoms with Gasteiger partial charge in [0.25, 0.3) is 5.91 Å². The van der Waals surface area contributed by atoms with Crippen LogP contribution in [0.15, 0.2) is 24.5 Å². The van der Waals surface area contributed by atoms with Crippen LogP contribution in [-0.4, -0.2) is 24.1 Å². The van der Waals surface area contributed by atoms with Gasteiger partial charge >= 0.3 is 5.97 Å². The quantitative estimate of drug-likeness (QED) is 0.431. The zero-order chi connectivity index (χ0) is 12.6. The standard InChI is InChI=1S/C11H9NO5/c1-5-10(14)12-9-7(11(15)16-2)3-6(13)4-8(9)17-5/h3-4,13H,1H2,2H3,(H,12,14). The number of anilines is 1. The van der Waals surface area contributed by atoms with E-state index >= 15 is 0 Å². The van der Waals surface area contributed by atoms with Crippen LogP contribution in [0.1, 0.15) is 10.4 Å². The lowest BCUT2D eigenvalue weighted by atomic mass is 10.1. The number of aromatic hydroxyl groups is 1. The first kappa shape index (κ1) is 11.0. The second-order valence-corrected chi connectivity index (χ2v) is 3.34. The van der Waals surface area contributed by atoms with E-state index in [1.807, 2.05) is 0 Å². The van der Waals surface area contributed by atoms with Gasteiger partial charge in [0.05, 0.1) is 18.4 Å². The van der Waals surface area contributed by atoms with Gasteiger partial charge in [0.2, 0.25) is 0 Å². The largest absolute Gasteiger partial charge is 0.508 e. The third kappa shape index (κ3) is 1.80. The van der Waals surface area contributed by atoms with Gasteiger partial charge in [-0.1, -0.05) is 6.58 Å². The Morgan fingerprint density at radius 3 is 2.88 bits per heavy atom. The van der Waals surface area contributed by atoms with E-state index in [0.717, 1.165) is 0 Å². The minimum Gasteiger partial charge on any atom is -0.508 e. The third-order valence-electron chi connectivity index (χ3n) is 2.22. The van der Waals surface area contributed by atoms with Crippen LogP contribution < -0.4 is 10.1 Å². The summed E-state index contributed by atoms with van der Waals surface area (Å²) in [6.07, 6.45) is 0. The number of esters is 1. The van der Waals surface area contributed by atoms with E-state index in [0.29, 0.717) is 0 Å². The molecule has 2 rings (SSSR count). The molecule has 0 fully saturated rings. The van der Waals surface area contributed by atoms with Gasteiger partial charge < -0.3 is 19.9 Å². The summed E-state index contributed by atoms with van der Waals surface area (Å²) >= 11 is 0. The lowest BCUT2D eigenvalue weighted by Gasteiger charge is -2.21. The van der Waals surface area contributed by atoms with Gasteiger partial charge in [-0.15, -0.1) is 0 Å². The van der Waals surface area contributed by atoms with E-state index in [1.54, 1.807) is 0 Å². The number of benzene rings is 1. The molecule has 0 aromatic heterocycles. The van der Waals surface area contributed by atoms with Gasteiger partial charge in [0, 0.05) is 6.07 Å². The molecule has 0 radical (unpaired) electrons. The first-order valence-corrected chi connectivity index (χ1v) is 4.66. The topological polar surface area (TPSA) is 84.9 Å². The Kier molecular flexibility index (Phi) is 2.47. The number of methoxy groups -OCH3 is 1. The summed E-state index contributed by atoms with van der Waals surface area (Å²) in [5.41, 5.74) is 0.176. The zero-order valence-corrected chi connectivity index (χ0v) is 8.94. The summed E-state index contributed by atoms with van der Waals surface area (Å²) in [7, 11) is 1.20. The normalized spacial score (nSPS) is 13.5. The zero-order valence-electron chi connectivity index (χ0n) is 8.94. The monoisotopic (exact) mass is 235 g/mol. The molecule has 1 aromatic rings. The number of carbonyl (C=O) groups excluding carboxylic acids is 2. The van der Waals surface area contributed by atoms with Crippen molar-refractivity contribution in [1.29, 1.82) is 0 Å². The fourth-order valence-corrected chi connectivity index (χ4v) is 1.44. The van der Waals surface area contributed by atoms with Crippen LogP contribution in [0.3, 0.4) is 0 Å². The van der Waals surface area contributed by atoms with Gasteiger partial charge in [-0.05, 0) is 6.07 Å². The predicted octanol–water partition coefficient (Wildman–Crippen LogP) is 1.02. The number of amides is 1. The smallest absolute Gasteiger partial charge is 0.340 e. The lowest BCUT2D eigenvalue weighted by Crippen LogP contribution is -2.24. The summed E-state index contributed by atoms with van der Waals surface area (Å²) in [6.45, 7) is 3.39. The number of ether oxygens (including phenoxy) is 2. The maximum absolute atomic E-state index is 11.5. The van der Waals surface area contributed by atoms with Crippen molar-refractivity contribution in [3.63, 3.8) is 0 Å². The summed E-state index contributed by atoms with van der Waals surface area (Å²) in [4.78, 5) is 22.8. The van der Waals surface area contributed by atoms with E-state index < -0.39 is 11.9 Å². The van der Waals surface area contributed by atoms with Gasteiger partial charge in [0.1, 0.15) is 5.75 Å². The third-order valence-corrected chi connectivity index (χ3v) is 2.22. The molecule has 88 valence electrons. The minimum absolute atomic E-state index is 0.0170. The highest BCUT2D eigenvalue weighted by molar-refractivity contribution is 6.10. The highest BCUT2D eigenvalue weighted by atomic mass is 16.5. The number of hydrogen-bond acceptors (Lipinski definition) is 5. The molecule has 2 N–H and O–H groups in total. The molecule has 17 heavy (non-hydrogen) atoms. The number of rotatable bonds is 1. The van der Waals surface area contributed by atoms with Gasteiger partial charge in [-0.25, -0.2) is 4.79 Å². The lowest BCUT2D eigenvalue weighted by molar-refractivity contribution is -0.115. The number of nitrogens with one attached hydrogen (secondary N) is 1. The van der Waals surface area contributed by atoms with Crippen molar-refractivity contribution >= 4 is 17.6 Å². The average Bonchev–Trinajstić information content (AvgIpc) is 2.29. The fourth-order valence-electron chi connectivity index (χ4n) is 1.44. The van der Waals surface area contributed by atoms with Crippen molar-refractivity contribution in [2.75, 3.05) is 12.4 Å². The van der Waals surface area contributed by atoms with Crippen LogP contribution in [0.2, 0.25) is 0 Å². The molecule has 1 aromatic carbocycles. The molecule has 0 aliphatic carbocycles. The first-order valence-electron chi connectivity index (χ1n) is 4.66. The van der Waals surface area contributed by atoms with Crippen LogP contribution in [0.4, 0.5) is 5.69 Å². The average molecular weight is 235 g/mol. The summed E-state index contributed by atoms with van der Waals surface area (Å²) < 4.78 is 9.63. The Morgan fingerprint density at radius 1 is 1.53 bits per heavy atom. The van der Waals surface area contributed by atoms with Gasteiger partial charge in [0.15, 0.2) is 11.5 Å². The maximum Gasteiger partial charge on any atom is 0.340 e. The van der Waals surface area contributed by atoms with Crippen LogP contribution >= 0.6 is 0 Å². The number of fused-ring (bicyclic) bond motifs is 1. The van der Waals surface area contributed by atoms with Crippen molar-refractivity contribution in [3.8, 4) is 11.5 Å². The molecule has 0 saturated heterocycles. The van der Waals surface area contributed by atoms with Crippen molar-refractivity contribution < 1.29 is 24.2 Å². The van der Waals surface area contributed by atoms with E-state index in [-0.39, 0.29) is 28.5 Å². The molecular weight excluding hydrogens is 226 g/mol. The highest BCUT2D eigenvalue weighted by Gasteiger charge is 2.26. The molecule has 0 bridgehead atoms. The molecule has 0 spiro atoms. The first-order chi connectivity index (χ1) is 8.02. The molecular formula is C11H9NO5. The Bertz CT molecular complexity index is 535. The van der Waals surface area contributed by atoms with E-state index in [2.05, 4.69) is 16.6 Å². The molecule has 0 atom stereocenters. The van der Waals surface area contributed by atoms with Gasteiger partial charge in [-0.3, -0.25) is 4.79 Å². The highest BCUT2D eigenvalue weighted by Crippen LogP contribution is 2.37. The minimum atomic E-state index is -0.687. The molecule has 1 aliphatic heterocycles. The van der Waals surface area contributed by atoms with Crippen LogP contribution in [0, 0.1) is 0 Å². The van der Waals surface area contributed by atoms with Crippen molar-refractivity contribution in [2.45, 2.75) is 0 Å². The van der Waals surface area contributed by atoms with Crippen LogP contribution in [0.25, 0.3) is 0 Å². The molecule has 1 amide bonds. The maximum atomic E-state index is 11.5. The molecule has 6 nitrogen and oxygen atoms in total.